The van der Waals surface area contributed by atoms with Gasteiger partial charge in [-0.1, -0.05) is 0 Å². The molecule has 0 aromatic carbocycles. The van der Waals surface area contributed by atoms with Crippen molar-refractivity contribution in [3.8, 4) is 0 Å². The molecule has 0 saturated carbocycles. The van der Waals surface area contributed by atoms with Gasteiger partial charge in [-0.2, -0.15) is 0 Å². The number of hydrogen-bond donors (Lipinski definition) is 47. The van der Waals surface area contributed by atoms with E-state index in [9.17, 15) is 202 Å². The van der Waals surface area contributed by atoms with Gasteiger partial charge < -0.3 is 284 Å². The second-order valence-electron chi connectivity index (χ2n) is 34.4. The first-order valence-electron chi connectivity index (χ1n) is 46.4. The molecule has 147 heavy (non-hydrogen) atoms. The van der Waals surface area contributed by atoms with Crippen molar-refractivity contribution in [1.29, 1.82) is 0 Å². The van der Waals surface area contributed by atoms with Crippen molar-refractivity contribution in [2.75, 3.05) is 244 Å². The van der Waals surface area contributed by atoms with Crippen LogP contribution in [0.1, 0.15) is 12.8 Å². The molecule has 870 valence electrons. The maximum Gasteiger partial charge on any atom is 0.407 e. The molecule has 0 aliphatic carbocycles. The van der Waals surface area contributed by atoms with Crippen LogP contribution in [0.15, 0.2) is 0 Å². The Morgan fingerprint density at radius 3 is 0.592 bits per heavy atom. The topological polar surface area (TPSA) is 1100 Å². The van der Waals surface area contributed by atoms with E-state index in [-0.39, 0.29) is 26.2 Å². The van der Waals surface area contributed by atoms with E-state index in [0.717, 1.165) is 14.7 Å². The van der Waals surface area contributed by atoms with E-state index < -0.39 is 479 Å². The van der Waals surface area contributed by atoms with Gasteiger partial charge in [0.25, 0.3) is 0 Å². The predicted molar refractivity (Wildman–Crippen MR) is 486 cm³/mol. The summed E-state index contributed by atoms with van der Waals surface area (Å²) < 4.78 is 46.4. The second kappa shape index (κ2) is 79.7. The summed E-state index contributed by atoms with van der Waals surface area (Å²) in [5, 5.41) is 412. The Morgan fingerprint density at radius 1 is 0.211 bits per heavy atom. The van der Waals surface area contributed by atoms with Crippen LogP contribution >= 0.6 is 0 Å². The molecule has 7 amide bonds. The average molecular weight is 2170 g/mol. The van der Waals surface area contributed by atoms with Crippen LogP contribution in [0.2, 0.25) is 0 Å². The zero-order valence-electron chi connectivity index (χ0n) is 80.9. The monoisotopic (exact) mass is 2170 g/mol. The molecular weight excluding hydrogens is 2010 g/mol. The number of likely N-dealkylation sites (N-methyl/N-ethyl adjacent to an activating group) is 1. The lowest BCUT2D eigenvalue weighted by atomic mass is 10.0. The lowest BCUT2D eigenvalue weighted by molar-refractivity contribution is -0.133. The molecule has 0 aromatic rings. The molecule has 9 unspecified atom stereocenters. The summed E-state index contributed by atoms with van der Waals surface area (Å²) in [4.78, 5) is 94.5. The third kappa shape index (κ3) is 61.4. The van der Waals surface area contributed by atoms with Crippen molar-refractivity contribution in [1.82, 2.24) is 57.2 Å². The zero-order chi connectivity index (χ0) is 112. The highest BCUT2D eigenvalue weighted by atomic mass is 16.6. The predicted octanol–water partition coefficient (Wildman–Crippen LogP) is -28.8. The highest BCUT2D eigenvalue weighted by Gasteiger charge is 2.41. The number of aliphatic hydroxyl groups excluding tert-OH is 39. The molecule has 0 rings (SSSR count). The maximum atomic E-state index is 13.7. The van der Waals surface area contributed by atoms with Gasteiger partial charge in [0, 0.05) is 98.2 Å². The molecule has 0 radical (unpaired) electrons. The molecule has 47 N–H and O–H groups in total. The number of carbonyl (C=O) groups excluding carboxylic acids is 7. The van der Waals surface area contributed by atoms with Gasteiger partial charge in [-0.25, -0.2) is 14.4 Å². The number of hydrogen-bond acceptors (Lipinski definition) is 59. The Kier molecular flexibility index (Phi) is 76.3. The number of carbonyl (C=O) groups is 7. The van der Waals surface area contributed by atoms with Crippen LogP contribution in [0.4, 0.5) is 14.4 Å². The van der Waals surface area contributed by atoms with E-state index in [4.69, 9.17) is 73.3 Å². The molecule has 0 saturated heterocycles. The number of alkyl carbamates (subject to hydrolysis) is 3. The minimum absolute atomic E-state index is 0.297. The first kappa shape index (κ1) is 141. The Bertz CT molecular complexity index is 3330. The normalized spacial score (nSPS) is 19.4. The van der Waals surface area contributed by atoms with Crippen LogP contribution in [0.25, 0.3) is 0 Å². The molecule has 0 aliphatic heterocycles. The number of ether oxygens (including phenoxy) is 9. The molecule has 0 bridgehead atoms. The van der Waals surface area contributed by atoms with Crippen molar-refractivity contribution in [3.63, 3.8) is 0 Å². The standard InChI is InChI=1S/C81H161N11O55/c1-82-49(8-63(120)83-2-5-86-79(136)145-37-46(105)34-142-31-43(102)28-139-25-40(99)10-90(13-51(108)65(122)71(128)57(114)19-93)14-52(109)66(123)72(129)58(115)20-94)78(135)89-50(77(134)85-4-7-88-81(138)147-39-48(107)36-144-33-45(104)30-141-27-42(101)12-92(17-55(112)69(126)75(132)61(118)23-97)18-56(113)70(127)76(133)62(119)24-98)9-64(121)84-3-6-87-80(137)146-38-47(106)35-143-32-44(103)29-140-26-41(100)11-91(15-53(110)67(124)73(130)59(116)21-95)16-54(111)68(125)74(131)60(117)22-96/h40-62,65-76,82,93-119,122-133H,2-39H2,1H3,(H,83,120)(H,84,121)(H,85,134)(H,86,136)(H,87,137)(H,88,138)(H,89,135)/t40?,41?,42?,43?,44?,45?,46?,47?,48?,49-,50+,51+,52+,53+,54+,55+,56+,57-,58-,59-,60-,61-,62-,65-,66-,67-,68-,69-,70-,71-,72-,73-,74-,75-,76-/m1/s1. The minimum atomic E-state index is -2.12. The summed E-state index contributed by atoms with van der Waals surface area (Å²) in [7, 11) is 1.24. The summed E-state index contributed by atoms with van der Waals surface area (Å²) in [6.45, 7) is -22.9. The highest BCUT2D eigenvalue weighted by Crippen LogP contribution is 2.18. The van der Waals surface area contributed by atoms with Crippen LogP contribution in [-0.2, 0) is 61.8 Å². The molecule has 66 heteroatoms. The highest BCUT2D eigenvalue weighted by molar-refractivity contribution is 5.95. The number of nitrogens with zero attached hydrogens (tertiary/aromatic N) is 3. The molecular formula is C81H161N11O55. The minimum Gasteiger partial charge on any atom is -0.447 e. The smallest absolute Gasteiger partial charge is 0.407 e. The molecule has 0 heterocycles. The molecule has 66 nitrogen and oxygen atoms in total. The Labute approximate surface area is 842 Å². The first-order chi connectivity index (χ1) is 69.2. The van der Waals surface area contributed by atoms with E-state index in [1.54, 1.807) is 0 Å². The van der Waals surface area contributed by atoms with Crippen molar-refractivity contribution in [2.45, 2.75) is 226 Å². The Hall–Kier alpha value is -6.27. The van der Waals surface area contributed by atoms with E-state index in [1.807, 2.05) is 0 Å². The zero-order valence-corrected chi connectivity index (χ0v) is 80.9. The fourth-order valence-electron chi connectivity index (χ4n) is 12.9. The summed E-state index contributed by atoms with van der Waals surface area (Å²) in [5.74, 6) is -3.87. The fraction of sp³-hybridized carbons (Fsp3) is 0.914. The van der Waals surface area contributed by atoms with Crippen LogP contribution < -0.4 is 42.5 Å². The summed E-state index contributed by atoms with van der Waals surface area (Å²) in [6, 6.07) is -3.21. The van der Waals surface area contributed by atoms with Crippen molar-refractivity contribution >= 4 is 41.9 Å². The molecule has 0 aromatic heterocycles. The summed E-state index contributed by atoms with van der Waals surface area (Å²) in [6.07, 6.45) is -66.7. The fourth-order valence-corrected chi connectivity index (χ4v) is 12.9. The third-order valence-corrected chi connectivity index (χ3v) is 21.2. The van der Waals surface area contributed by atoms with Gasteiger partial charge >= 0.3 is 18.3 Å². The van der Waals surface area contributed by atoms with Gasteiger partial charge in [-0.05, 0) is 7.05 Å². The Balaban J connectivity index is 5.86. The second-order valence-corrected chi connectivity index (χ2v) is 34.4. The average Bonchev–Trinajstić information content (AvgIpc) is 0.847. The van der Waals surface area contributed by atoms with E-state index in [2.05, 4.69) is 42.5 Å². The quantitative estimate of drug-likeness (QED) is 0.0199. The molecule has 0 aliphatic rings. The third-order valence-electron chi connectivity index (χ3n) is 21.2. The maximum absolute atomic E-state index is 13.7. The van der Waals surface area contributed by atoms with Crippen molar-refractivity contribution < 1.29 is 275 Å². The van der Waals surface area contributed by atoms with E-state index in [1.165, 1.54) is 7.05 Å². The van der Waals surface area contributed by atoms with Gasteiger partial charge in [-0.15, -0.1) is 0 Å². The molecule has 35 atom stereocenters. The first-order valence-corrected chi connectivity index (χ1v) is 46.4. The molecule has 0 fully saturated rings. The van der Waals surface area contributed by atoms with Crippen LogP contribution in [-0.4, -0.2) is 713 Å². The van der Waals surface area contributed by atoms with Gasteiger partial charge in [0.1, 0.15) is 172 Å². The number of rotatable bonds is 89. The number of amides is 7. The largest absolute Gasteiger partial charge is 0.447 e. The molecule has 0 spiro atoms. The lowest BCUT2D eigenvalue weighted by Crippen LogP contribution is -2.55. The Morgan fingerprint density at radius 2 is 0.388 bits per heavy atom. The van der Waals surface area contributed by atoms with Gasteiger partial charge in [-0.3, -0.25) is 33.9 Å². The summed E-state index contributed by atoms with van der Waals surface area (Å²) >= 11 is 0. The van der Waals surface area contributed by atoms with Crippen LogP contribution in [0, 0.1) is 0 Å². The number of nitrogens with one attached hydrogen (secondary N) is 8. The van der Waals surface area contributed by atoms with E-state index in [0.29, 0.717) is 0 Å². The van der Waals surface area contributed by atoms with Gasteiger partial charge in [0.2, 0.25) is 23.6 Å². The van der Waals surface area contributed by atoms with Gasteiger partial charge in [0.15, 0.2) is 0 Å². The summed E-state index contributed by atoms with van der Waals surface area (Å²) in [5.41, 5.74) is 0. The van der Waals surface area contributed by atoms with E-state index >= 15 is 0 Å². The number of aliphatic hydroxyl groups is 39. The lowest BCUT2D eigenvalue weighted by Gasteiger charge is -2.34. The van der Waals surface area contributed by atoms with Crippen molar-refractivity contribution in [3.05, 3.63) is 0 Å². The van der Waals surface area contributed by atoms with Crippen LogP contribution in [0.3, 0.4) is 0 Å². The van der Waals surface area contributed by atoms with Gasteiger partial charge in [0.05, 0.1) is 193 Å². The van der Waals surface area contributed by atoms with Crippen molar-refractivity contribution in [2.24, 2.45) is 0 Å². The SMILES string of the molecule is CN[C@H](CC(=O)NCCNC(=O)OCC(O)COCC(O)COCC(O)CN(C[C@H](O)[C@@H](O)[C@H](O)[C@H](O)CO)C[C@H](O)[C@@H](O)[C@H](O)[C@H](O)CO)C(=O)N[C@@H](CC(=O)NCCNC(=O)OCC(O)COCC(O)COCC(O)CN(C[C@H](O)[C@@H](O)[C@H](O)[C@H](O)CO)C[C@H](O)[C@@H](O)[C@H](O)[C@H](O)CO)C(=O)NCCNC(=O)OCC(O)COCC(O)COCC(O)CN(C[C@H](O)[C@@H](O)[C@H](O)[C@H](O)CO)C[C@H](O)[C@@H](O)[C@H](O)[C@H](O)CO. The van der Waals surface area contributed by atoms with Crippen LogP contribution in [0.5, 0.6) is 0 Å².